The van der Waals surface area contributed by atoms with Gasteiger partial charge >= 0.3 is 0 Å². The third-order valence-corrected chi connectivity index (χ3v) is 3.81. The summed E-state index contributed by atoms with van der Waals surface area (Å²) in [5.74, 6) is 0.879. The maximum absolute atomic E-state index is 11.5. The second-order valence-electron chi connectivity index (χ2n) is 4.97. The number of anilines is 1. The van der Waals surface area contributed by atoms with E-state index in [1.54, 1.807) is 10.6 Å². The van der Waals surface area contributed by atoms with Crippen molar-refractivity contribution in [2.24, 2.45) is 5.92 Å². The summed E-state index contributed by atoms with van der Waals surface area (Å²) in [6, 6.07) is 4.13. The lowest BCUT2D eigenvalue weighted by atomic mass is 10.1. The molecule has 0 saturated heterocycles. The van der Waals surface area contributed by atoms with E-state index in [0.717, 1.165) is 18.2 Å². The van der Waals surface area contributed by atoms with Crippen molar-refractivity contribution in [3.8, 4) is 0 Å². The Morgan fingerprint density at radius 3 is 2.82 bits per heavy atom. The Morgan fingerprint density at radius 1 is 1.35 bits per heavy atom. The Balaban J connectivity index is 2.02. The largest absolute Gasteiger partial charge is 0.381 e. The summed E-state index contributed by atoms with van der Waals surface area (Å²) in [4.78, 5) is 11.5. The van der Waals surface area contributed by atoms with Crippen molar-refractivity contribution in [1.29, 1.82) is 0 Å². The van der Waals surface area contributed by atoms with E-state index in [-0.39, 0.29) is 5.56 Å². The summed E-state index contributed by atoms with van der Waals surface area (Å²) in [5.41, 5.74) is 1.16. The molecule has 17 heavy (non-hydrogen) atoms. The van der Waals surface area contributed by atoms with Crippen molar-refractivity contribution in [2.45, 2.75) is 52.1 Å². The first-order valence-corrected chi connectivity index (χ1v) is 6.70. The molecule has 1 aromatic rings. The molecule has 94 valence electrons. The first-order chi connectivity index (χ1) is 8.22. The molecule has 1 heterocycles. The van der Waals surface area contributed by atoms with Crippen LogP contribution in [0.2, 0.25) is 0 Å². The average molecular weight is 234 g/mol. The van der Waals surface area contributed by atoms with Crippen molar-refractivity contribution >= 4 is 5.69 Å². The molecule has 0 aliphatic heterocycles. The second-order valence-corrected chi connectivity index (χ2v) is 4.97. The van der Waals surface area contributed by atoms with Crippen LogP contribution in [0.1, 0.15) is 39.5 Å². The molecule has 0 spiro atoms. The van der Waals surface area contributed by atoms with Crippen LogP contribution in [0.15, 0.2) is 23.1 Å². The number of rotatable bonds is 4. The molecule has 2 unspecified atom stereocenters. The van der Waals surface area contributed by atoms with E-state index in [2.05, 4.69) is 12.2 Å². The van der Waals surface area contributed by atoms with Crippen molar-refractivity contribution in [3.63, 3.8) is 0 Å². The van der Waals surface area contributed by atoms with Crippen LogP contribution in [0.3, 0.4) is 0 Å². The first kappa shape index (κ1) is 12.2. The molecule has 0 radical (unpaired) electrons. The standard InChI is InChI=1S/C14H22N2O/c1-3-11-5-6-12(9-11)15-13-7-8-14(17)16(4-2)10-13/h7-8,10-12,15H,3-6,9H2,1-2H3. The van der Waals surface area contributed by atoms with E-state index in [0.29, 0.717) is 6.04 Å². The molecule has 0 bridgehead atoms. The minimum Gasteiger partial charge on any atom is -0.381 e. The molecule has 1 N–H and O–H groups in total. The van der Waals surface area contributed by atoms with Crippen LogP contribution in [-0.4, -0.2) is 10.6 Å². The summed E-state index contributed by atoms with van der Waals surface area (Å²) < 4.78 is 1.74. The van der Waals surface area contributed by atoms with Crippen LogP contribution in [-0.2, 0) is 6.54 Å². The molecule has 3 nitrogen and oxygen atoms in total. The lowest BCUT2D eigenvalue weighted by Gasteiger charge is -2.15. The molecule has 1 saturated carbocycles. The van der Waals surface area contributed by atoms with Gasteiger partial charge in [0.05, 0.1) is 5.69 Å². The quantitative estimate of drug-likeness (QED) is 0.869. The summed E-state index contributed by atoms with van der Waals surface area (Å²) in [5, 5.41) is 3.55. The van der Waals surface area contributed by atoms with E-state index in [9.17, 15) is 4.79 Å². The number of hydrogen-bond acceptors (Lipinski definition) is 2. The first-order valence-electron chi connectivity index (χ1n) is 6.70. The molecular formula is C14H22N2O. The highest BCUT2D eigenvalue weighted by Gasteiger charge is 2.22. The number of nitrogens with one attached hydrogen (secondary N) is 1. The smallest absolute Gasteiger partial charge is 0.250 e. The fourth-order valence-electron chi connectivity index (χ4n) is 2.68. The number of aromatic nitrogens is 1. The number of nitrogens with zero attached hydrogens (tertiary/aromatic N) is 1. The third kappa shape index (κ3) is 2.90. The van der Waals surface area contributed by atoms with E-state index in [4.69, 9.17) is 0 Å². The van der Waals surface area contributed by atoms with Crippen molar-refractivity contribution < 1.29 is 0 Å². The van der Waals surface area contributed by atoms with E-state index < -0.39 is 0 Å². The van der Waals surface area contributed by atoms with Crippen molar-refractivity contribution in [2.75, 3.05) is 5.32 Å². The zero-order valence-electron chi connectivity index (χ0n) is 10.8. The molecule has 1 aliphatic carbocycles. The Bertz CT molecular complexity index is 424. The summed E-state index contributed by atoms with van der Waals surface area (Å²) in [6.07, 6.45) is 7.07. The predicted octanol–water partition coefficient (Wildman–Crippen LogP) is 2.86. The minimum atomic E-state index is 0.0795. The van der Waals surface area contributed by atoms with E-state index in [1.165, 1.54) is 25.7 Å². The fraction of sp³-hybridized carbons (Fsp3) is 0.643. The lowest BCUT2D eigenvalue weighted by molar-refractivity contribution is 0.525. The highest BCUT2D eigenvalue weighted by molar-refractivity contribution is 5.41. The van der Waals surface area contributed by atoms with Crippen LogP contribution >= 0.6 is 0 Å². The van der Waals surface area contributed by atoms with Gasteiger partial charge in [-0.2, -0.15) is 0 Å². The van der Waals surface area contributed by atoms with E-state index >= 15 is 0 Å². The van der Waals surface area contributed by atoms with Gasteiger partial charge in [0.15, 0.2) is 0 Å². The predicted molar refractivity (Wildman–Crippen MR) is 71.4 cm³/mol. The maximum atomic E-state index is 11.5. The van der Waals surface area contributed by atoms with Gasteiger partial charge in [-0.15, -0.1) is 0 Å². The maximum Gasteiger partial charge on any atom is 0.250 e. The van der Waals surface area contributed by atoms with Gasteiger partial charge in [-0.3, -0.25) is 4.79 Å². The lowest BCUT2D eigenvalue weighted by Crippen LogP contribution is -2.21. The Labute approximate surface area is 103 Å². The van der Waals surface area contributed by atoms with Gasteiger partial charge in [0.1, 0.15) is 0 Å². The molecule has 2 rings (SSSR count). The Kier molecular flexibility index (Phi) is 3.87. The Morgan fingerprint density at radius 2 is 2.18 bits per heavy atom. The minimum absolute atomic E-state index is 0.0795. The molecule has 1 fully saturated rings. The highest BCUT2D eigenvalue weighted by Crippen LogP contribution is 2.29. The van der Waals surface area contributed by atoms with Crippen LogP contribution in [0, 0.1) is 5.92 Å². The second kappa shape index (κ2) is 5.39. The van der Waals surface area contributed by atoms with Crippen molar-refractivity contribution in [3.05, 3.63) is 28.7 Å². The van der Waals surface area contributed by atoms with Crippen LogP contribution in [0.25, 0.3) is 0 Å². The van der Waals surface area contributed by atoms with Gasteiger partial charge in [-0.1, -0.05) is 13.3 Å². The molecule has 1 aromatic heterocycles. The summed E-state index contributed by atoms with van der Waals surface area (Å²) >= 11 is 0. The van der Waals surface area contributed by atoms with Crippen molar-refractivity contribution in [1.82, 2.24) is 4.57 Å². The SMILES string of the molecule is CCC1CCC(Nc2ccc(=O)n(CC)c2)C1. The number of hydrogen-bond donors (Lipinski definition) is 1. The molecular weight excluding hydrogens is 212 g/mol. The highest BCUT2D eigenvalue weighted by atomic mass is 16.1. The molecule has 0 amide bonds. The van der Waals surface area contributed by atoms with E-state index in [1.807, 2.05) is 19.2 Å². The molecule has 0 aromatic carbocycles. The van der Waals surface area contributed by atoms with Gasteiger partial charge in [-0.25, -0.2) is 0 Å². The van der Waals surface area contributed by atoms with Gasteiger partial charge in [-0.05, 0) is 38.2 Å². The zero-order chi connectivity index (χ0) is 12.3. The van der Waals surface area contributed by atoms with Gasteiger partial charge < -0.3 is 9.88 Å². The monoisotopic (exact) mass is 234 g/mol. The summed E-state index contributed by atoms with van der Waals surface area (Å²) in [7, 11) is 0. The fourth-order valence-corrected chi connectivity index (χ4v) is 2.68. The number of aryl methyl sites for hydroxylation is 1. The van der Waals surface area contributed by atoms with Crippen LogP contribution < -0.4 is 10.9 Å². The van der Waals surface area contributed by atoms with Gasteiger partial charge in [0.25, 0.3) is 5.56 Å². The topological polar surface area (TPSA) is 34.0 Å². The molecule has 2 atom stereocenters. The normalized spacial score (nSPS) is 23.9. The van der Waals surface area contributed by atoms with Gasteiger partial charge in [0.2, 0.25) is 0 Å². The van der Waals surface area contributed by atoms with Crippen LogP contribution in [0.5, 0.6) is 0 Å². The summed E-state index contributed by atoms with van der Waals surface area (Å²) in [6.45, 7) is 4.99. The molecule has 3 heteroatoms. The third-order valence-electron chi connectivity index (χ3n) is 3.81. The zero-order valence-corrected chi connectivity index (χ0v) is 10.8. The van der Waals surface area contributed by atoms with Gasteiger partial charge in [0, 0.05) is 24.8 Å². The number of pyridine rings is 1. The average Bonchev–Trinajstić information content (AvgIpc) is 2.79. The Hall–Kier alpha value is -1.25. The van der Waals surface area contributed by atoms with Crippen LogP contribution in [0.4, 0.5) is 5.69 Å². The molecule has 1 aliphatic rings.